The molecule has 0 saturated carbocycles. The van der Waals surface area contributed by atoms with Crippen LogP contribution in [0, 0.1) is 5.92 Å². The highest BCUT2D eigenvalue weighted by atomic mass is 16.4. The van der Waals surface area contributed by atoms with Gasteiger partial charge in [-0.2, -0.15) is 0 Å². The zero-order chi connectivity index (χ0) is 12.3. The zero-order valence-electron chi connectivity index (χ0n) is 9.05. The van der Waals surface area contributed by atoms with Crippen LogP contribution in [0.3, 0.4) is 0 Å². The molecule has 2 atom stereocenters. The molecule has 0 spiro atoms. The van der Waals surface area contributed by atoms with Crippen molar-refractivity contribution in [3.8, 4) is 0 Å². The van der Waals surface area contributed by atoms with Gasteiger partial charge in [-0.3, -0.25) is 14.4 Å². The Morgan fingerprint density at radius 3 is 2.50 bits per heavy atom. The Bertz CT molecular complexity index is 314. The molecule has 1 saturated heterocycles. The second-order valence-corrected chi connectivity index (χ2v) is 3.95. The molecule has 0 bridgehead atoms. The van der Waals surface area contributed by atoms with Gasteiger partial charge < -0.3 is 15.1 Å². The number of hydrogen-bond donors (Lipinski definition) is 2. The largest absolute Gasteiger partial charge is 0.481 e. The summed E-state index contributed by atoms with van der Waals surface area (Å²) in [6.07, 6.45) is 0.365. The minimum absolute atomic E-state index is 0.0224. The van der Waals surface area contributed by atoms with Gasteiger partial charge in [0.25, 0.3) is 0 Å². The predicted octanol–water partition coefficient (Wildman–Crippen LogP) is 0.173. The number of carboxylic acids is 2. The average molecular weight is 229 g/mol. The van der Waals surface area contributed by atoms with E-state index in [2.05, 4.69) is 0 Å². The minimum atomic E-state index is -0.999. The topological polar surface area (TPSA) is 94.9 Å². The van der Waals surface area contributed by atoms with Crippen LogP contribution in [0.5, 0.6) is 0 Å². The van der Waals surface area contributed by atoms with Crippen LogP contribution in [0.4, 0.5) is 0 Å². The molecule has 0 radical (unpaired) electrons. The van der Waals surface area contributed by atoms with Crippen molar-refractivity contribution in [2.45, 2.75) is 32.2 Å². The smallest absolute Gasteiger partial charge is 0.308 e. The second-order valence-electron chi connectivity index (χ2n) is 3.95. The van der Waals surface area contributed by atoms with Gasteiger partial charge >= 0.3 is 11.9 Å². The summed E-state index contributed by atoms with van der Waals surface area (Å²) in [5.41, 5.74) is 0. The van der Waals surface area contributed by atoms with E-state index in [0.717, 1.165) is 0 Å². The van der Waals surface area contributed by atoms with E-state index in [1.807, 2.05) is 0 Å². The Morgan fingerprint density at radius 1 is 1.50 bits per heavy atom. The Kier molecular flexibility index (Phi) is 3.87. The van der Waals surface area contributed by atoms with E-state index in [-0.39, 0.29) is 25.3 Å². The van der Waals surface area contributed by atoms with Crippen molar-refractivity contribution in [1.82, 2.24) is 4.90 Å². The molecule has 0 aliphatic carbocycles. The standard InChI is InChI=1S/C10H15NO5/c1-2-7(4-9(13)14)11-5-6(10(15)16)3-8(11)12/h6-7H,2-5H2,1H3,(H,13,14)(H,15,16). The molecule has 1 heterocycles. The first-order chi connectivity index (χ1) is 7.45. The maximum Gasteiger partial charge on any atom is 0.308 e. The molecular formula is C10H15NO5. The van der Waals surface area contributed by atoms with Crippen LogP contribution in [-0.2, 0) is 14.4 Å². The number of rotatable bonds is 5. The van der Waals surface area contributed by atoms with Crippen molar-refractivity contribution < 1.29 is 24.6 Å². The summed E-state index contributed by atoms with van der Waals surface area (Å²) in [7, 11) is 0. The Balaban J connectivity index is 2.68. The van der Waals surface area contributed by atoms with Crippen LogP contribution >= 0.6 is 0 Å². The molecule has 1 aliphatic heterocycles. The van der Waals surface area contributed by atoms with E-state index in [0.29, 0.717) is 6.42 Å². The first-order valence-corrected chi connectivity index (χ1v) is 5.19. The number of carbonyl (C=O) groups excluding carboxylic acids is 1. The molecule has 0 aromatic heterocycles. The molecule has 1 aliphatic rings. The maximum atomic E-state index is 11.5. The second kappa shape index (κ2) is 4.96. The SMILES string of the molecule is CCC(CC(=O)O)N1CC(C(=O)O)CC1=O. The van der Waals surface area contributed by atoms with Gasteiger partial charge in [0.15, 0.2) is 0 Å². The van der Waals surface area contributed by atoms with Gasteiger partial charge in [0.2, 0.25) is 5.91 Å². The van der Waals surface area contributed by atoms with Crippen LogP contribution in [0.25, 0.3) is 0 Å². The zero-order valence-corrected chi connectivity index (χ0v) is 9.05. The number of nitrogens with zero attached hydrogens (tertiary/aromatic N) is 1. The van der Waals surface area contributed by atoms with Crippen molar-refractivity contribution in [2.75, 3.05) is 6.54 Å². The first-order valence-electron chi connectivity index (χ1n) is 5.19. The third kappa shape index (κ3) is 2.71. The van der Waals surface area contributed by atoms with E-state index < -0.39 is 23.9 Å². The fraction of sp³-hybridized carbons (Fsp3) is 0.700. The lowest BCUT2D eigenvalue weighted by atomic mass is 10.1. The minimum Gasteiger partial charge on any atom is -0.481 e. The summed E-state index contributed by atoms with van der Waals surface area (Å²) in [5, 5.41) is 17.5. The van der Waals surface area contributed by atoms with Gasteiger partial charge in [-0.1, -0.05) is 6.92 Å². The van der Waals surface area contributed by atoms with Crippen molar-refractivity contribution in [3.05, 3.63) is 0 Å². The molecule has 0 aromatic rings. The van der Waals surface area contributed by atoms with Crippen molar-refractivity contribution in [1.29, 1.82) is 0 Å². The fourth-order valence-electron chi connectivity index (χ4n) is 1.93. The summed E-state index contributed by atoms with van der Waals surface area (Å²) >= 11 is 0. The molecule has 1 amide bonds. The normalized spacial score (nSPS) is 22.2. The van der Waals surface area contributed by atoms with Crippen LogP contribution < -0.4 is 0 Å². The highest BCUT2D eigenvalue weighted by molar-refractivity contribution is 5.86. The van der Waals surface area contributed by atoms with Gasteiger partial charge in [-0.15, -0.1) is 0 Å². The van der Waals surface area contributed by atoms with Gasteiger partial charge in [0.1, 0.15) is 0 Å². The van der Waals surface area contributed by atoms with E-state index >= 15 is 0 Å². The Labute approximate surface area is 92.9 Å². The lowest BCUT2D eigenvalue weighted by Gasteiger charge is -2.25. The molecule has 90 valence electrons. The van der Waals surface area contributed by atoms with Crippen LogP contribution in [0.1, 0.15) is 26.2 Å². The Morgan fingerprint density at radius 2 is 2.12 bits per heavy atom. The van der Waals surface area contributed by atoms with E-state index in [4.69, 9.17) is 10.2 Å². The number of carboxylic acid groups (broad SMARTS) is 2. The third-order valence-corrected chi connectivity index (χ3v) is 2.83. The summed E-state index contributed by atoms with van der Waals surface area (Å²) in [6.45, 7) is 1.91. The van der Waals surface area contributed by atoms with Crippen molar-refractivity contribution in [3.63, 3.8) is 0 Å². The number of hydrogen-bond acceptors (Lipinski definition) is 3. The monoisotopic (exact) mass is 229 g/mol. The van der Waals surface area contributed by atoms with E-state index in [1.165, 1.54) is 4.90 Å². The quantitative estimate of drug-likeness (QED) is 0.700. The maximum absolute atomic E-state index is 11.5. The molecule has 2 N–H and O–H groups in total. The summed E-state index contributed by atoms with van der Waals surface area (Å²) < 4.78 is 0. The van der Waals surface area contributed by atoms with Gasteiger partial charge in [-0.05, 0) is 6.42 Å². The van der Waals surface area contributed by atoms with E-state index in [1.54, 1.807) is 6.92 Å². The predicted molar refractivity (Wildman–Crippen MR) is 53.8 cm³/mol. The third-order valence-electron chi connectivity index (χ3n) is 2.83. The Hall–Kier alpha value is -1.59. The van der Waals surface area contributed by atoms with Crippen LogP contribution in [0.15, 0.2) is 0 Å². The molecule has 2 unspecified atom stereocenters. The number of likely N-dealkylation sites (tertiary alicyclic amines) is 1. The highest BCUT2D eigenvalue weighted by Crippen LogP contribution is 2.23. The average Bonchev–Trinajstić information content (AvgIpc) is 2.56. The van der Waals surface area contributed by atoms with Crippen molar-refractivity contribution in [2.24, 2.45) is 5.92 Å². The summed E-state index contributed by atoms with van der Waals surface area (Å²) in [6, 6.07) is -0.394. The first kappa shape index (κ1) is 12.5. The van der Waals surface area contributed by atoms with Crippen molar-refractivity contribution >= 4 is 17.8 Å². The van der Waals surface area contributed by atoms with Gasteiger partial charge in [-0.25, -0.2) is 0 Å². The number of carbonyl (C=O) groups is 3. The molecule has 16 heavy (non-hydrogen) atoms. The van der Waals surface area contributed by atoms with Gasteiger partial charge in [0, 0.05) is 19.0 Å². The molecule has 6 heteroatoms. The summed E-state index contributed by atoms with van der Waals surface area (Å²) in [4.78, 5) is 34.2. The van der Waals surface area contributed by atoms with Crippen LogP contribution in [-0.4, -0.2) is 45.5 Å². The highest BCUT2D eigenvalue weighted by Gasteiger charge is 2.37. The van der Waals surface area contributed by atoms with Crippen LogP contribution in [0.2, 0.25) is 0 Å². The summed E-state index contributed by atoms with van der Waals surface area (Å²) in [5.74, 6) is -2.93. The molecule has 1 fully saturated rings. The number of aliphatic carboxylic acids is 2. The molecule has 6 nitrogen and oxygen atoms in total. The molecule has 1 rings (SSSR count). The lowest BCUT2D eigenvalue weighted by Crippen LogP contribution is -2.38. The molecular weight excluding hydrogens is 214 g/mol. The fourth-order valence-corrected chi connectivity index (χ4v) is 1.93. The number of amides is 1. The van der Waals surface area contributed by atoms with E-state index in [9.17, 15) is 14.4 Å². The lowest BCUT2D eigenvalue weighted by molar-refractivity contribution is -0.141. The molecule has 0 aromatic carbocycles. The van der Waals surface area contributed by atoms with Gasteiger partial charge in [0.05, 0.1) is 12.3 Å².